The summed E-state index contributed by atoms with van der Waals surface area (Å²) < 4.78 is 0. The maximum Gasteiger partial charge on any atom is 0.418 e. The van der Waals surface area contributed by atoms with Crippen molar-refractivity contribution in [2.24, 2.45) is 0 Å². The minimum absolute atomic E-state index is 0.220. The van der Waals surface area contributed by atoms with Crippen LogP contribution in [0, 0.1) is 11.8 Å². The Kier molecular flexibility index (Phi) is 5.73. The molecule has 6 heteroatoms. The minimum Gasteiger partial charge on any atom is -0.464 e. The van der Waals surface area contributed by atoms with Crippen LogP contribution in [0.1, 0.15) is 12.1 Å². The predicted molar refractivity (Wildman–Crippen MR) is 87.3 cm³/mol. The van der Waals surface area contributed by atoms with E-state index < -0.39 is 17.4 Å². The van der Waals surface area contributed by atoms with Crippen LogP contribution in [0.3, 0.4) is 0 Å². The molecule has 1 atom stereocenters. The van der Waals surface area contributed by atoms with Crippen LogP contribution in [0.2, 0.25) is 0 Å². The summed E-state index contributed by atoms with van der Waals surface area (Å²) in [6.07, 6.45) is 0.0190. The summed E-state index contributed by atoms with van der Waals surface area (Å²) in [5.74, 6) is 4.79. The molecule has 0 aliphatic rings. The molecule has 1 aromatic carbocycles. The summed E-state index contributed by atoms with van der Waals surface area (Å²) >= 11 is 6.02. The molecule has 2 aromatic rings. The third-order valence-corrected chi connectivity index (χ3v) is 3.09. The standard InChI is InChI=1S/C17H13ClN2O3/c18-13(9-10-14-6-4-5-11-19-14)12-16(21)20(17(22)23)15-7-2-1-3-8-15/h1-8,11,13H,12H2,(H,22,23). The van der Waals surface area contributed by atoms with Gasteiger partial charge in [-0.1, -0.05) is 30.2 Å². The number of carbonyl (C=O) groups is 2. The first-order valence-corrected chi connectivity index (χ1v) is 7.19. The second-order valence-corrected chi connectivity index (χ2v) is 5.03. The van der Waals surface area contributed by atoms with Crippen LogP contribution in [0.5, 0.6) is 0 Å². The van der Waals surface area contributed by atoms with Crippen LogP contribution in [-0.4, -0.2) is 27.5 Å². The average Bonchev–Trinajstić information content (AvgIpc) is 2.54. The second-order valence-electron chi connectivity index (χ2n) is 4.50. The molecule has 116 valence electrons. The number of rotatable bonds is 3. The zero-order valence-corrected chi connectivity index (χ0v) is 12.8. The van der Waals surface area contributed by atoms with Crippen LogP contribution in [0.4, 0.5) is 10.5 Å². The Hall–Kier alpha value is -2.84. The van der Waals surface area contributed by atoms with Crippen molar-refractivity contribution in [2.45, 2.75) is 11.8 Å². The van der Waals surface area contributed by atoms with Crippen molar-refractivity contribution in [3.05, 3.63) is 60.4 Å². The number of para-hydroxylation sites is 1. The van der Waals surface area contributed by atoms with Crippen molar-refractivity contribution in [2.75, 3.05) is 4.90 Å². The van der Waals surface area contributed by atoms with Gasteiger partial charge in [0.15, 0.2) is 0 Å². The fraction of sp³-hybridized carbons (Fsp3) is 0.118. The van der Waals surface area contributed by atoms with Gasteiger partial charge in [0.05, 0.1) is 12.1 Å². The van der Waals surface area contributed by atoms with E-state index in [9.17, 15) is 14.7 Å². The lowest BCUT2D eigenvalue weighted by Gasteiger charge is -2.17. The molecule has 0 saturated carbocycles. The van der Waals surface area contributed by atoms with E-state index in [0.29, 0.717) is 10.6 Å². The molecule has 23 heavy (non-hydrogen) atoms. The Morgan fingerprint density at radius 3 is 2.48 bits per heavy atom. The van der Waals surface area contributed by atoms with Crippen LogP contribution in [0.25, 0.3) is 0 Å². The van der Waals surface area contributed by atoms with Crippen molar-refractivity contribution in [3.8, 4) is 11.8 Å². The molecule has 5 nitrogen and oxygen atoms in total. The van der Waals surface area contributed by atoms with Gasteiger partial charge in [0.25, 0.3) is 0 Å². The molecule has 0 fully saturated rings. The highest BCUT2D eigenvalue weighted by molar-refractivity contribution is 6.25. The molecule has 1 N–H and O–H groups in total. The van der Waals surface area contributed by atoms with E-state index in [2.05, 4.69) is 16.8 Å². The van der Waals surface area contributed by atoms with Gasteiger partial charge >= 0.3 is 6.09 Å². The summed E-state index contributed by atoms with van der Waals surface area (Å²) in [5, 5.41) is 8.42. The molecule has 1 heterocycles. The molecule has 0 spiro atoms. The Morgan fingerprint density at radius 2 is 1.87 bits per heavy atom. The predicted octanol–water partition coefficient (Wildman–Crippen LogP) is 3.14. The zero-order chi connectivity index (χ0) is 16.7. The lowest BCUT2D eigenvalue weighted by Crippen LogP contribution is -2.36. The highest BCUT2D eigenvalue weighted by Crippen LogP contribution is 2.16. The van der Waals surface area contributed by atoms with Crippen molar-refractivity contribution in [3.63, 3.8) is 0 Å². The number of benzene rings is 1. The quantitative estimate of drug-likeness (QED) is 0.694. The summed E-state index contributed by atoms with van der Waals surface area (Å²) in [6, 6.07) is 13.4. The number of amides is 2. The number of halogens is 1. The average molecular weight is 329 g/mol. The van der Waals surface area contributed by atoms with Crippen molar-refractivity contribution in [1.29, 1.82) is 0 Å². The Labute approximate surface area is 138 Å². The summed E-state index contributed by atoms with van der Waals surface area (Å²) in [4.78, 5) is 28.2. The van der Waals surface area contributed by atoms with E-state index in [4.69, 9.17) is 11.6 Å². The number of nitrogens with zero attached hydrogens (tertiary/aromatic N) is 2. The lowest BCUT2D eigenvalue weighted by atomic mass is 10.2. The molecule has 1 aromatic heterocycles. The number of hydrogen-bond donors (Lipinski definition) is 1. The third-order valence-electron chi connectivity index (χ3n) is 2.83. The monoisotopic (exact) mass is 328 g/mol. The van der Waals surface area contributed by atoms with Crippen LogP contribution >= 0.6 is 11.6 Å². The van der Waals surface area contributed by atoms with E-state index in [1.54, 1.807) is 42.6 Å². The maximum atomic E-state index is 12.2. The van der Waals surface area contributed by atoms with Gasteiger partial charge in [-0.3, -0.25) is 4.79 Å². The van der Waals surface area contributed by atoms with Crippen LogP contribution < -0.4 is 4.90 Å². The number of imide groups is 1. The highest BCUT2D eigenvalue weighted by Gasteiger charge is 2.24. The first-order valence-electron chi connectivity index (χ1n) is 6.75. The number of aromatic nitrogens is 1. The number of anilines is 1. The van der Waals surface area contributed by atoms with Gasteiger partial charge in [0, 0.05) is 6.20 Å². The lowest BCUT2D eigenvalue weighted by molar-refractivity contribution is -0.117. The largest absolute Gasteiger partial charge is 0.464 e. The SMILES string of the molecule is O=C(O)N(C(=O)CC(Cl)C#Cc1ccccn1)c1ccccc1. The third kappa shape index (κ3) is 4.83. The molecule has 0 radical (unpaired) electrons. The van der Waals surface area contributed by atoms with Gasteiger partial charge in [-0.25, -0.2) is 14.7 Å². The first kappa shape index (κ1) is 16.5. The molecule has 0 aliphatic heterocycles. The number of carboxylic acid groups (broad SMARTS) is 1. The van der Waals surface area contributed by atoms with Crippen LogP contribution in [-0.2, 0) is 4.79 Å². The van der Waals surface area contributed by atoms with Gasteiger partial charge in [-0.2, -0.15) is 0 Å². The van der Waals surface area contributed by atoms with Gasteiger partial charge in [-0.15, -0.1) is 11.6 Å². The molecular weight excluding hydrogens is 316 g/mol. The first-order chi connectivity index (χ1) is 11.1. The maximum absolute atomic E-state index is 12.2. The van der Waals surface area contributed by atoms with Crippen molar-refractivity contribution >= 4 is 29.3 Å². The minimum atomic E-state index is -1.36. The Balaban J connectivity index is 2.07. The van der Waals surface area contributed by atoms with Gasteiger partial charge in [-0.05, 0) is 30.2 Å². The highest BCUT2D eigenvalue weighted by atomic mass is 35.5. The molecule has 0 bridgehead atoms. The summed E-state index contributed by atoms with van der Waals surface area (Å²) in [7, 11) is 0. The smallest absolute Gasteiger partial charge is 0.418 e. The normalized spacial score (nSPS) is 11.0. The molecule has 0 saturated heterocycles. The molecule has 2 amide bonds. The fourth-order valence-electron chi connectivity index (χ4n) is 1.82. The Morgan fingerprint density at radius 1 is 1.17 bits per heavy atom. The van der Waals surface area contributed by atoms with Gasteiger partial charge < -0.3 is 5.11 Å². The number of hydrogen-bond acceptors (Lipinski definition) is 3. The van der Waals surface area contributed by atoms with Crippen LogP contribution in [0.15, 0.2) is 54.7 Å². The van der Waals surface area contributed by atoms with Gasteiger partial charge in [0.2, 0.25) is 5.91 Å². The van der Waals surface area contributed by atoms with E-state index in [1.165, 1.54) is 12.1 Å². The molecular formula is C17H13ClN2O3. The molecule has 0 aliphatic carbocycles. The van der Waals surface area contributed by atoms with Crippen molar-refractivity contribution < 1.29 is 14.7 Å². The van der Waals surface area contributed by atoms with E-state index in [0.717, 1.165) is 0 Å². The summed E-state index contributed by atoms with van der Waals surface area (Å²) in [6.45, 7) is 0. The zero-order valence-electron chi connectivity index (χ0n) is 12.0. The molecule has 2 rings (SSSR count). The van der Waals surface area contributed by atoms with Gasteiger partial charge in [0.1, 0.15) is 11.1 Å². The Bertz CT molecular complexity index is 739. The van der Waals surface area contributed by atoms with E-state index in [1.807, 2.05) is 0 Å². The summed E-state index contributed by atoms with van der Waals surface area (Å²) in [5.41, 5.74) is 0.801. The van der Waals surface area contributed by atoms with E-state index >= 15 is 0 Å². The fourth-order valence-corrected chi connectivity index (χ4v) is 2.01. The number of pyridine rings is 1. The number of carbonyl (C=O) groups excluding carboxylic acids is 1. The number of alkyl halides is 1. The topological polar surface area (TPSA) is 70.5 Å². The van der Waals surface area contributed by atoms with E-state index in [-0.39, 0.29) is 12.1 Å². The molecule has 1 unspecified atom stereocenters. The second kappa shape index (κ2) is 7.97. The van der Waals surface area contributed by atoms with Crippen molar-refractivity contribution in [1.82, 2.24) is 4.98 Å².